The fourth-order valence-corrected chi connectivity index (χ4v) is 3.12. The Morgan fingerprint density at radius 3 is 2.45 bits per heavy atom. The Bertz CT molecular complexity index is 894. The van der Waals surface area contributed by atoms with Gasteiger partial charge in [0.15, 0.2) is 0 Å². The van der Waals surface area contributed by atoms with Crippen LogP contribution in [0.3, 0.4) is 0 Å². The minimum absolute atomic E-state index is 0.0680. The Kier molecular flexibility index (Phi) is 5.01. The van der Waals surface area contributed by atoms with Crippen molar-refractivity contribution in [2.75, 3.05) is 18.4 Å². The second-order valence-corrected chi connectivity index (χ2v) is 7.19. The molecule has 4 rings (SSSR count). The second-order valence-electron chi connectivity index (χ2n) is 7.19. The van der Waals surface area contributed by atoms with E-state index in [9.17, 15) is 22.4 Å². The van der Waals surface area contributed by atoms with Crippen LogP contribution < -0.4 is 10.1 Å². The predicted octanol–water partition coefficient (Wildman–Crippen LogP) is 3.66. The average molecular weight is 410 g/mol. The first-order valence-corrected chi connectivity index (χ1v) is 9.16. The normalized spacial score (nSPS) is 17.0. The van der Waals surface area contributed by atoms with Gasteiger partial charge in [-0.1, -0.05) is 6.07 Å². The summed E-state index contributed by atoms with van der Waals surface area (Å²) in [5.41, 5.74) is 1.66. The van der Waals surface area contributed by atoms with E-state index in [2.05, 4.69) is 20.0 Å². The van der Waals surface area contributed by atoms with Gasteiger partial charge < -0.3 is 15.0 Å². The molecule has 1 saturated heterocycles. The molecule has 2 heterocycles. The quantitative estimate of drug-likeness (QED) is 0.737. The van der Waals surface area contributed by atoms with Gasteiger partial charge in [-0.2, -0.15) is 0 Å². The molecule has 154 valence electrons. The Hall–Kier alpha value is -2.91. The number of halogens is 4. The Morgan fingerprint density at radius 1 is 1.17 bits per heavy atom. The van der Waals surface area contributed by atoms with Crippen molar-refractivity contribution in [1.29, 1.82) is 0 Å². The summed E-state index contributed by atoms with van der Waals surface area (Å²) in [5, 5.41) is 2.92. The van der Waals surface area contributed by atoms with Crippen LogP contribution in [0.1, 0.15) is 40.2 Å². The highest BCUT2D eigenvalue weighted by atomic mass is 19.4. The number of ether oxygens (including phenoxy) is 1. The van der Waals surface area contributed by atoms with Crippen LogP contribution in [0.15, 0.2) is 30.6 Å². The standard InChI is InChI=1S/C19H18F4N4O2/c20-15-9-27(10-15)17(28)14-7-25-18(26-8-14)24-6-11-3-13(12-1-2-12)5-16(4-11)29-19(21,22)23/h3-5,7-8,12,15H,1-2,6,9-10H2,(H,24,25,26). The molecule has 0 bridgehead atoms. The maximum absolute atomic E-state index is 12.9. The molecule has 1 amide bonds. The van der Waals surface area contributed by atoms with Gasteiger partial charge in [-0.05, 0) is 42.0 Å². The number of amides is 1. The van der Waals surface area contributed by atoms with E-state index < -0.39 is 12.5 Å². The molecule has 0 spiro atoms. The van der Waals surface area contributed by atoms with Crippen molar-refractivity contribution in [2.45, 2.75) is 37.8 Å². The van der Waals surface area contributed by atoms with Gasteiger partial charge in [0.2, 0.25) is 5.95 Å². The van der Waals surface area contributed by atoms with Gasteiger partial charge in [0.25, 0.3) is 5.91 Å². The molecular formula is C19H18F4N4O2. The predicted molar refractivity (Wildman–Crippen MR) is 95.3 cm³/mol. The molecule has 1 aromatic carbocycles. The van der Waals surface area contributed by atoms with Crippen LogP contribution in [0.2, 0.25) is 0 Å². The molecule has 1 saturated carbocycles. The zero-order valence-electron chi connectivity index (χ0n) is 15.2. The number of nitrogens with one attached hydrogen (secondary N) is 1. The Labute approximate surface area is 163 Å². The lowest BCUT2D eigenvalue weighted by atomic mass is 10.1. The largest absolute Gasteiger partial charge is 0.573 e. The molecule has 1 aromatic heterocycles. The first-order chi connectivity index (χ1) is 13.8. The summed E-state index contributed by atoms with van der Waals surface area (Å²) in [6.07, 6.45) is -1.18. The number of likely N-dealkylation sites (tertiary alicyclic amines) is 1. The van der Waals surface area contributed by atoms with Gasteiger partial charge in [0.1, 0.15) is 11.9 Å². The van der Waals surface area contributed by atoms with E-state index in [0.29, 0.717) is 5.56 Å². The van der Waals surface area contributed by atoms with Crippen molar-refractivity contribution in [1.82, 2.24) is 14.9 Å². The molecule has 0 unspecified atom stereocenters. The summed E-state index contributed by atoms with van der Waals surface area (Å²) in [6, 6.07) is 4.58. The SMILES string of the molecule is O=C(c1cnc(NCc2cc(OC(F)(F)F)cc(C3CC3)c2)nc1)N1CC(F)C1. The van der Waals surface area contributed by atoms with E-state index >= 15 is 0 Å². The van der Waals surface area contributed by atoms with Crippen LogP contribution in [0.25, 0.3) is 0 Å². The first-order valence-electron chi connectivity index (χ1n) is 9.16. The number of rotatable bonds is 6. The topological polar surface area (TPSA) is 67.3 Å². The number of aromatic nitrogens is 2. The minimum atomic E-state index is -4.75. The van der Waals surface area contributed by atoms with Crippen molar-refractivity contribution in [2.24, 2.45) is 0 Å². The van der Waals surface area contributed by atoms with Gasteiger partial charge in [-0.3, -0.25) is 4.79 Å². The molecule has 0 radical (unpaired) electrons. The van der Waals surface area contributed by atoms with Gasteiger partial charge >= 0.3 is 6.36 Å². The number of carbonyl (C=O) groups excluding carboxylic acids is 1. The van der Waals surface area contributed by atoms with Gasteiger partial charge in [0.05, 0.1) is 18.7 Å². The molecule has 2 aliphatic rings. The second kappa shape index (κ2) is 7.49. The zero-order valence-corrected chi connectivity index (χ0v) is 15.2. The minimum Gasteiger partial charge on any atom is -0.406 e. The van der Waals surface area contributed by atoms with Crippen molar-refractivity contribution in [3.63, 3.8) is 0 Å². The molecule has 0 atom stereocenters. The zero-order chi connectivity index (χ0) is 20.6. The summed E-state index contributed by atoms with van der Waals surface area (Å²) in [4.78, 5) is 21.5. The van der Waals surface area contributed by atoms with Crippen molar-refractivity contribution >= 4 is 11.9 Å². The third kappa shape index (κ3) is 4.93. The highest BCUT2D eigenvalue weighted by Crippen LogP contribution is 2.42. The molecule has 2 aromatic rings. The van der Waals surface area contributed by atoms with Crippen LogP contribution >= 0.6 is 0 Å². The molecule has 10 heteroatoms. The maximum Gasteiger partial charge on any atom is 0.573 e. The summed E-state index contributed by atoms with van der Waals surface area (Å²) in [6.45, 7) is 0.328. The number of nitrogens with zero attached hydrogens (tertiary/aromatic N) is 3. The van der Waals surface area contributed by atoms with Gasteiger partial charge in [-0.15, -0.1) is 13.2 Å². The van der Waals surface area contributed by atoms with Gasteiger partial charge in [-0.25, -0.2) is 14.4 Å². The van der Waals surface area contributed by atoms with E-state index in [4.69, 9.17) is 0 Å². The molecular weight excluding hydrogens is 392 g/mol. The number of hydrogen-bond acceptors (Lipinski definition) is 5. The van der Waals surface area contributed by atoms with Crippen LogP contribution in [0, 0.1) is 0 Å². The monoisotopic (exact) mass is 410 g/mol. The third-order valence-electron chi connectivity index (χ3n) is 4.74. The van der Waals surface area contributed by atoms with Crippen LogP contribution in [-0.4, -0.2) is 46.4 Å². The van der Waals surface area contributed by atoms with Crippen LogP contribution in [0.5, 0.6) is 5.75 Å². The van der Waals surface area contributed by atoms with Crippen molar-refractivity contribution < 1.29 is 27.1 Å². The number of benzene rings is 1. The lowest BCUT2D eigenvalue weighted by molar-refractivity contribution is -0.274. The molecule has 1 aliphatic carbocycles. The van der Waals surface area contributed by atoms with E-state index in [1.54, 1.807) is 0 Å². The van der Waals surface area contributed by atoms with Crippen molar-refractivity contribution in [3.8, 4) is 5.75 Å². The summed E-state index contributed by atoms with van der Waals surface area (Å²) in [5.74, 6) is -0.0982. The van der Waals surface area contributed by atoms with E-state index in [1.807, 2.05) is 6.07 Å². The molecule has 1 aliphatic heterocycles. The van der Waals surface area contributed by atoms with Gasteiger partial charge in [0, 0.05) is 18.9 Å². The number of carbonyl (C=O) groups is 1. The highest BCUT2D eigenvalue weighted by Gasteiger charge is 2.33. The Morgan fingerprint density at radius 2 is 1.86 bits per heavy atom. The smallest absolute Gasteiger partial charge is 0.406 e. The summed E-state index contributed by atoms with van der Waals surface area (Å²) < 4.78 is 54.7. The van der Waals surface area contributed by atoms with Crippen LogP contribution in [0.4, 0.5) is 23.5 Å². The van der Waals surface area contributed by atoms with Crippen molar-refractivity contribution in [3.05, 3.63) is 47.3 Å². The lowest BCUT2D eigenvalue weighted by Crippen LogP contribution is -2.51. The number of alkyl halides is 4. The highest BCUT2D eigenvalue weighted by molar-refractivity contribution is 5.94. The summed E-state index contributed by atoms with van der Waals surface area (Å²) >= 11 is 0. The molecule has 29 heavy (non-hydrogen) atoms. The number of hydrogen-bond donors (Lipinski definition) is 1. The average Bonchev–Trinajstić information content (AvgIpc) is 3.47. The fourth-order valence-electron chi connectivity index (χ4n) is 3.12. The molecule has 6 nitrogen and oxygen atoms in total. The molecule has 2 fully saturated rings. The van der Waals surface area contributed by atoms with Crippen LogP contribution in [-0.2, 0) is 6.54 Å². The van der Waals surface area contributed by atoms with E-state index in [0.717, 1.165) is 18.4 Å². The molecule has 1 N–H and O–H groups in total. The third-order valence-corrected chi connectivity index (χ3v) is 4.74. The fraction of sp³-hybridized carbons (Fsp3) is 0.421. The summed E-state index contributed by atoms with van der Waals surface area (Å²) in [7, 11) is 0. The Balaban J connectivity index is 1.41. The maximum atomic E-state index is 12.9. The first kappa shape index (κ1) is 19.4. The van der Waals surface area contributed by atoms with E-state index in [-0.39, 0.29) is 48.7 Å². The lowest BCUT2D eigenvalue weighted by Gasteiger charge is -2.34. The number of anilines is 1. The van der Waals surface area contributed by atoms with E-state index in [1.165, 1.54) is 29.4 Å².